The van der Waals surface area contributed by atoms with E-state index in [1.54, 1.807) is 26.8 Å². The molecule has 52 heavy (non-hydrogen) atoms. The predicted octanol–water partition coefficient (Wildman–Crippen LogP) is 4.67. The van der Waals surface area contributed by atoms with E-state index in [9.17, 15) is 45.2 Å². The van der Waals surface area contributed by atoms with Gasteiger partial charge in [-0.25, -0.2) is 17.6 Å². The maximum atomic E-state index is 14.4. The molecule has 11 nitrogen and oxygen atoms in total. The van der Waals surface area contributed by atoms with Crippen LogP contribution in [0.5, 0.6) is 0 Å². The Balaban J connectivity index is 1.24. The summed E-state index contributed by atoms with van der Waals surface area (Å²) in [6, 6.07) is 7.93. The highest BCUT2D eigenvalue weighted by Crippen LogP contribution is 2.47. The van der Waals surface area contributed by atoms with Crippen LogP contribution in [0.25, 0.3) is 0 Å². The number of likely N-dealkylation sites (tertiary alicyclic amines) is 1. The molecule has 2 aromatic carbocycles. The maximum Gasteiger partial charge on any atom is 0.416 e. The lowest BCUT2D eigenvalue weighted by Crippen LogP contribution is -2.57. The molecular weight excluding hydrogens is 708 g/mol. The third-order valence-electron chi connectivity index (χ3n) is 10.7. The summed E-state index contributed by atoms with van der Waals surface area (Å²) in [5.74, 6) is -4.26. The number of benzene rings is 2. The largest absolute Gasteiger partial charge is 0.444 e. The summed E-state index contributed by atoms with van der Waals surface area (Å²) in [6.45, 7) is 5.10. The van der Waals surface area contributed by atoms with Gasteiger partial charge in [-0.3, -0.25) is 24.0 Å². The van der Waals surface area contributed by atoms with E-state index in [1.165, 1.54) is 34.1 Å². The summed E-state index contributed by atoms with van der Waals surface area (Å²) < 4.78 is 88.1. The van der Waals surface area contributed by atoms with Gasteiger partial charge in [0.15, 0.2) is 0 Å². The second-order valence-electron chi connectivity index (χ2n) is 14.7. The lowest BCUT2D eigenvalue weighted by Gasteiger charge is -2.31. The number of halogens is 4. The van der Waals surface area contributed by atoms with Crippen LogP contribution in [0.1, 0.15) is 75.1 Å². The highest BCUT2D eigenvalue weighted by Gasteiger charge is 2.62. The summed E-state index contributed by atoms with van der Waals surface area (Å²) in [6.07, 6.45) is -5.13. The number of hydrogen-bond acceptors (Lipinski definition) is 7. The Morgan fingerprint density at radius 1 is 1.06 bits per heavy atom. The second kappa shape index (κ2) is 14.0. The molecule has 2 N–H and O–H groups in total. The van der Waals surface area contributed by atoms with Crippen molar-refractivity contribution in [3.05, 3.63) is 70.5 Å². The molecule has 0 unspecified atom stereocenters. The number of hydrogen-bond donors (Lipinski definition) is 2. The zero-order valence-electron chi connectivity index (χ0n) is 29.0. The first-order valence-corrected chi connectivity index (χ1v) is 19.0. The van der Waals surface area contributed by atoms with Crippen LogP contribution in [0.4, 0.5) is 22.4 Å². The fourth-order valence-corrected chi connectivity index (χ4v) is 8.71. The third-order valence-corrected chi connectivity index (χ3v) is 12.5. The number of amides is 4. The van der Waals surface area contributed by atoms with E-state index >= 15 is 0 Å². The summed E-state index contributed by atoms with van der Waals surface area (Å²) >= 11 is 0. The third kappa shape index (κ3) is 7.62. The normalized spacial score (nSPS) is 24.7. The Labute approximate surface area is 299 Å². The van der Waals surface area contributed by atoms with E-state index in [2.05, 4.69) is 10.0 Å². The number of nitrogens with one attached hydrogen (secondary N) is 2. The fraction of sp³-hybridized carbons (Fsp3) is 0.556. The van der Waals surface area contributed by atoms with Crippen molar-refractivity contribution < 1.29 is 49.9 Å². The lowest BCUT2D eigenvalue weighted by atomic mass is 9.87. The van der Waals surface area contributed by atoms with E-state index in [-0.39, 0.29) is 56.3 Å². The molecule has 0 radical (unpaired) electrons. The van der Waals surface area contributed by atoms with Gasteiger partial charge in [0.05, 0.1) is 23.9 Å². The van der Waals surface area contributed by atoms with Crippen LogP contribution in [0.2, 0.25) is 0 Å². The zero-order chi connectivity index (χ0) is 37.7. The van der Waals surface area contributed by atoms with Gasteiger partial charge in [-0.05, 0) is 60.8 Å². The van der Waals surface area contributed by atoms with Gasteiger partial charge in [-0.2, -0.15) is 13.2 Å². The van der Waals surface area contributed by atoms with Crippen molar-refractivity contribution in [1.82, 2.24) is 19.8 Å². The van der Waals surface area contributed by atoms with Crippen molar-refractivity contribution in [2.45, 2.75) is 101 Å². The first kappa shape index (κ1) is 37.5. The van der Waals surface area contributed by atoms with Gasteiger partial charge in [-0.1, -0.05) is 57.5 Å². The van der Waals surface area contributed by atoms with E-state index in [4.69, 9.17) is 4.74 Å². The molecule has 3 fully saturated rings. The van der Waals surface area contributed by atoms with Crippen LogP contribution in [0.15, 0.2) is 42.5 Å². The Hall–Kier alpha value is -4.21. The minimum absolute atomic E-state index is 0.0354. The van der Waals surface area contributed by atoms with Crippen LogP contribution < -0.4 is 10.0 Å². The van der Waals surface area contributed by atoms with Crippen LogP contribution in [-0.4, -0.2) is 71.5 Å². The average molecular weight is 751 g/mol. The van der Waals surface area contributed by atoms with Crippen molar-refractivity contribution in [2.75, 3.05) is 6.54 Å². The molecule has 0 spiro atoms. The molecule has 2 aliphatic carbocycles. The Morgan fingerprint density at radius 3 is 2.38 bits per heavy atom. The minimum Gasteiger partial charge on any atom is -0.444 e. The Morgan fingerprint density at radius 2 is 1.77 bits per heavy atom. The first-order valence-electron chi connectivity index (χ1n) is 17.5. The zero-order valence-corrected chi connectivity index (χ0v) is 29.9. The molecule has 2 aromatic rings. The van der Waals surface area contributed by atoms with Crippen LogP contribution in [0.3, 0.4) is 0 Å². The SMILES string of the molecule is CC[C@@H]1C[C@]1(NC(=O)[C@@H]1C[C@@H](OC(=O)N2Cc3cccc(F)c3C2)CN1C(=O)[C@@H](Cc1cccc(C(F)(F)F)c1)C(C)C)C(=O)NS(=O)(=O)C1CC1. The highest BCUT2D eigenvalue weighted by molar-refractivity contribution is 7.91. The number of ether oxygens (including phenoxy) is 1. The van der Waals surface area contributed by atoms with Gasteiger partial charge in [0.1, 0.15) is 23.5 Å². The number of alkyl halides is 3. The topological polar surface area (TPSA) is 142 Å². The number of sulfonamides is 1. The molecule has 2 heterocycles. The number of fused-ring (bicyclic) bond motifs is 1. The molecule has 0 bridgehead atoms. The lowest BCUT2D eigenvalue weighted by molar-refractivity contribution is -0.143. The van der Waals surface area contributed by atoms with E-state index in [1.807, 2.05) is 0 Å². The second-order valence-corrected chi connectivity index (χ2v) is 16.6. The Kier molecular flexibility index (Phi) is 10.1. The number of nitrogens with zero attached hydrogens (tertiary/aromatic N) is 2. The number of carbonyl (C=O) groups excluding carboxylic acids is 4. The van der Waals surface area contributed by atoms with Gasteiger partial charge in [0, 0.05) is 24.4 Å². The van der Waals surface area contributed by atoms with E-state index in [0.29, 0.717) is 30.4 Å². The summed E-state index contributed by atoms with van der Waals surface area (Å²) in [7, 11) is -3.93. The number of carbonyl (C=O) groups is 4. The van der Waals surface area contributed by atoms with Crippen molar-refractivity contribution in [3.63, 3.8) is 0 Å². The predicted molar refractivity (Wildman–Crippen MR) is 179 cm³/mol. The van der Waals surface area contributed by atoms with Crippen molar-refractivity contribution >= 4 is 33.8 Å². The van der Waals surface area contributed by atoms with Gasteiger partial charge < -0.3 is 15.0 Å². The van der Waals surface area contributed by atoms with Crippen LogP contribution in [0, 0.1) is 23.6 Å². The standard InChI is InChI=1S/C36H42F4N4O7S/c1-4-23-16-35(23,33(47)42-52(49,50)26-11-12-26)41-31(45)30-15-25(51-34(48)43-17-22-8-6-10-29(37)28(22)19-43)18-44(30)32(46)27(20(2)3)14-21-7-5-9-24(13-21)36(38,39)40/h5-10,13,20,23,25-27,30H,4,11-12,14-19H2,1-3H3,(H,41,45)(H,42,47)/t23-,25-,27+,30+,35-/m1/s1. The molecule has 16 heteroatoms. The van der Waals surface area contributed by atoms with Crippen LogP contribution >= 0.6 is 0 Å². The van der Waals surface area contributed by atoms with Crippen molar-refractivity contribution in [2.24, 2.45) is 17.8 Å². The van der Waals surface area contributed by atoms with Gasteiger partial charge in [0.2, 0.25) is 21.8 Å². The summed E-state index contributed by atoms with van der Waals surface area (Å²) in [4.78, 5) is 57.7. The van der Waals surface area contributed by atoms with Crippen LogP contribution in [-0.2, 0) is 54.8 Å². The average Bonchev–Trinajstić information content (AvgIpc) is 3.97. The Bertz CT molecular complexity index is 1870. The monoisotopic (exact) mass is 750 g/mol. The van der Waals surface area contributed by atoms with Gasteiger partial charge >= 0.3 is 12.3 Å². The van der Waals surface area contributed by atoms with Crippen molar-refractivity contribution in [1.29, 1.82) is 0 Å². The molecule has 6 rings (SSSR count). The molecular formula is C36H42F4N4O7S. The summed E-state index contributed by atoms with van der Waals surface area (Å²) in [5, 5.41) is 2.06. The fourth-order valence-electron chi connectivity index (χ4n) is 7.35. The minimum atomic E-state index is -4.59. The smallest absolute Gasteiger partial charge is 0.416 e. The number of rotatable bonds is 11. The van der Waals surface area contributed by atoms with E-state index < -0.39 is 80.2 Å². The molecule has 0 aromatic heterocycles. The van der Waals surface area contributed by atoms with Gasteiger partial charge in [-0.15, -0.1) is 0 Å². The maximum absolute atomic E-state index is 14.4. The van der Waals surface area contributed by atoms with E-state index in [0.717, 1.165) is 12.1 Å². The first-order chi connectivity index (χ1) is 24.4. The molecule has 4 amide bonds. The summed E-state index contributed by atoms with van der Waals surface area (Å²) in [5.41, 5.74) is -1.15. The molecule has 1 saturated heterocycles. The molecule has 2 saturated carbocycles. The quantitative estimate of drug-likeness (QED) is 0.318. The highest BCUT2D eigenvalue weighted by atomic mass is 32.2. The van der Waals surface area contributed by atoms with Crippen molar-refractivity contribution in [3.8, 4) is 0 Å². The molecule has 4 aliphatic rings. The molecule has 282 valence electrons. The molecule has 5 atom stereocenters. The van der Waals surface area contributed by atoms with Gasteiger partial charge in [0.25, 0.3) is 5.91 Å². The molecule has 2 aliphatic heterocycles.